The number of Topliss-reactive ketones (excluding diaryl/α,β-unsaturated/α-hetero) is 1. The molecule has 8 heteroatoms. The van der Waals surface area contributed by atoms with Crippen molar-refractivity contribution in [2.45, 2.75) is 6.92 Å². The van der Waals surface area contributed by atoms with Crippen LogP contribution in [0.5, 0.6) is 16.6 Å². The number of nitrogens with zero attached hydrogens (tertiary/aromatic N) is 1. The van der Waals surface area contributed by atoms with Crippen LogP contribution in [-0.4, -0.2) is 17.8 Å². The predicted octanol–water partition coefficient (Wildman–Crippen LogP) is 4.42. The molecular formula is C13H10BrNO5S. The molecule has 0 saturated heterocycles. The Balaban J connectivity index is 2.39. The lowest BCUT2D eigenvalue weighted by Crippen LogP contribution is -1.90. The van der Waals surface area contributed by atoms with Gasteiger partial charge in [-0.2, -0.15) is 0 Å². The van der Waals surface area contributed by atoms with Gasteiger partial charge in [0.15, 0.2) is 5.78 Å². The number of halogens is 1. The van der Waals surface area contributed by atoms with E-state index in [4.69, 9.17) is 9.47 Å². The maximum atomic E-state index is 11.3. The van der Waals surface area contributed by atoms with Gasteiger partial charge >= 0.3 is 5.69 Å². The van der Waals surface area contributed by atoms with Crippen LogP contribution in [0.3, 0.4) is 0 Å². The zero-order valence-electron chi connectivity index (χ0n) is 11.1. The van der Waals surface area contributed by atoms with Crippen molar-refractivity contribution in [3.05, 3.63) is 43.7 Å². The molecule has 1 aromatic carbocycles. The summed E-state index contributed by atoms with van der Waals surface area (Å²) < 4.78 is 11.2. The Bertz CT molecular complexity index is 713. The first-order valence-corrected chi connectivity index (χ1v) is 7.34. The smallest absolute Gasteiger partial charge is 0.323 e. The standard InChI is InChI=1S/C13H10BrNO5S/c1-7(16)12-6-10(15(17)18)13(21-12)20-11-4-3-8(19-2)5-9(11)14/h3-6H,1-2H3. The van der Waals surface area contributed by atoms with E-state index in [0.717, 1.165) is 11.3 Å². The molecule has 0 unspecified atom stereocenters. The first kappa shape index (κ1) is 15.5. The third-order valence-corrected chi connectivity index (χ3v) is 4.29. The van der Waals surface area contributed by atoms with Crippen LogP contribution in [0.4, 0.5) is 5.69 Å². The molecule has 0 saturated carbocycles. The molecule has 110 valence electrons. The van der Waals surface area contributed by atoms with E-state index in [1.54, 1.807) is 18.2 Å². The van der Waals surface area contributed by atoms with Gasteiger partial charge in [0.05, 0.1) is 21.4 Å². The van der Waals surface area contributed by atoms with Crippen LogP contribution in [-0.2, 0) is 0 Å². The van der Waals surface area contributed by atoms with Crippen molar-refractivity contribution in [1.29, 1.82) is 0 Å². The molecule has 21 heavy (non-hydrogen) atoms. The molecule has 0 atom stereocenters. The number of ketones is 1. The number of nitro groups is 1. The molecule has 6 nitrogen and oxygen atoms in total. The monoisotopic (exact) mass is 371 g/mol. The van der Waals surface area contributed by atoms with Gasteiger partial charge < -0.3 is 9.47 Å². The molecule has 0 fully saturated rings. The molecule has 2 aromatic rings. The maximum Gasteiger partial charge on any atom is 0.323 e. The van der Waals surface area contributed by atoms with Crippen molar-refractivity contribution in [2.24, 2.45) is 0 Å². The van der Waals surface area contributed by atoms with Crippen molar-refractivity contribution in [2.75, 3.05) is 7.11 Å². The summed E-state index contributed by atoms with van der Waals surface area (Å²) in [6.07, 6.45) is 0. The van der Waals surface area contributed by atoms with Gasteiger partial charge in [0, 0.05) is 6.07 Å². The molecule has 1 heterocycles. The molecule has 0 aliphatic carbocycles. The van der Waals surface area contributed by atoms with Gasteiger partial charge in [0.25, 0.3) is 5.06 Å². The Morgan fingerprint density at radius 3 is 2.62 bits per heavy atom. The summed E-state index contributed by atoms with van der Waals surface area (Å²) in [5.41, 5.74) is -0.229. The molecular weight excluding hydrogens is 362 g/mol. The summed E-state index contributed by atoms with van der Waals surface area (Å²) in [6.45, 7) is 1.35. The second kappa shape index (κ2) is 6.23. The fraction of sp³-hybridized carbons (Fsp3) is 0.154. The van der Waals surface area contributed by atoms with Gasteiger partial charge in [-0.15, -0.1) is 0 Å². The second-order valence-corrected chi connectivity index (χ2v) is 5.86. The number of ether oxygens (including phenoxy) is 2. The minimum absolute atomic E-state index is 0.0658. The van der Waals surface area contributed by atoms with Gasteiger partial charge in [0.2, 0.25) is 0 Å². The summed E-state index contributed by atoms with van der Waals surface area (Å²) in [6, 6.07) is 6.20. The van der Waals surface area contributed by atoms with Gasteiger partial charge in [-0.1, -0.05) is 11.3 Å². The topological polar surface area (TPSA) is 78.7 Å². The number of hydrogen-bond donors (Lipinski definition) is 0. The molecule has 0 radical (unpaired) electrons. The number of carbonyl (C=O) groups is 1. The average Bonchev–Trinajstić information content (AvgIpc) is 2.85. The van der Waals surface area contributed by atoms with Gasteiger partial charge in [-0.25, -0.2) is 0 Å². The Morgan fingerprint density at radius 1 is 1.38 bits per heavy atom. The first-order chi connectivity index (χ1) is 9.92. The van der Waals surface area contributed by atoms with Crippen molar-refractivity contribution in [1.82, 2.24) is 0 Å². The SMILES string of the molecule is COc1ccc(Oc2sc(C(C)=O)cc2[N+](=O)[O-])c(Br)c1. The molecule has 0 N–H and O–H groups in total. The number of thiophene rings is 1. The predicted molar refractivity (Wildman–Crippen MR) is 81.7 cm³/mol. The fourth-order valence-electron chi connectivity index (χ4n) is 1.53. The second-order valence-electron chi connectivity index (χ2n) is 4.00. The minimum atomic E-state index is -0.574. The van der Waals surface area contributed by atoms with Crippen LogP contribution in [0.25, 0.3) is 0 Å². The Hall–Kier alpha value is -1.93. The van der Waals surface area contributed by atoms with E-state index in [-0.39, 0.29) is 21.4 Å². The van der Waals surface area contributed by atoms with Crippen LogP contribution in [0.1, 0.15) is 16.6 Å². The highest BCUT2D eigenvalue weighted by Gasteiger charge is 2.23. The quantitative estimate of drug-likeness (QED) is 0.441. The summed E-state index contributed by atoms with van der Waals surface area (Å²) >= 11 is 4.25. The van der Waals surface area contributed by atoms with Crippen molar-refractivity contribution in [3.63, 3.8) is 0 Å². The number of hydrogen-bond acceptors (Lipinski definition) is 6. The Kier molecular flexibility index (Phi) is 4.59. The average molecular weight is 372 g/mol. The maximum absolute atomic E-state index is 11.3. The van der Waals surface area contributed by atoms with E-state index in [1.165, 1.54) is 20.1 Å². The molecule has 0 aliphatic heterocycles. The third kappa shape index (κ3) is 3.40. The fourth-order valence-corrected chi connectivity index (χ4v) is 2.85. The number of benzene rings is 1. The number of carbonyl (C=O) groups excluding carboxylic acids is 1. The molecule has 2 rings (SSSR count). The molecule has 0 spiro atoms. The lowest BCUT2D eigenvalue weighted by Gasteiger charge is -2.07. The summed E-state index contributed by atoms with van der Waals surface area (Å²) in [5, 5.41) is 11.1. The van der Waals surface area contributed by atoms with Crippen LogP contribution in [0.2, 0.25) is 0 Å². The molecule has 1 aromatic heterocycles. The highest BCUT2D eigenvalue weighted by molar-refractivity contribution is 9.10. The van der Waals surface area contributed by atoms with E-state index in [9.17, 15) is 14.9 Å². The van der Waals surface area contributed by atoms with E-state index in [1.807, 2.05) is 0 Å². The van der Waals surface area contributed by atoms with E-state index in [0.29, 0.717) is 16.0 Å². The minimum Gasteiger partial charge on any atom is -0.497 e. The van der Waals surface area contributed by atoms with Gasteiger partial charge in [-0.05, 0) is 41.1 Å². The molecule has 0 aliphatic rings. The molecule has 0 bridgehead atoms. The van der Waals surface area contributed by atoms with E-state index < -0.39 is 4.92 Å². The highest BCUT2D eigenvalue weighted by atomic mass is 79.9. The zero-order valence-corrected chi connectivity index (χ0v) is 13.5. The van der Waals surface area contributed by atoms with Crippen LogP contribution in [0, 0.1) is 10.1 Å². The lowest BCUT2D eigenvalue weighted by atomic mass is 10.3. The Morgan fingerprint density at radius 2 is 2.10 bits per heavy atom. The van der Waals surface area contributed by atoms with Crippen LogP contribution < -0.4 is 9.47 Å². The number of methoxy groups -OCH3 is 1. The van der Waals surface area contributed by atoms with Crippen LogP contribution >= 0.6 is 27.3 Å². The Labute approximate surface area is 132 Å². The summed E-state index contributed by atoms with van der Waals surface area (Å²) in [4.78, 5) is 22.1. The van der Waals surface area contributed by atoms with Crippen molar-refractivity contribution in [3.8, 4) is 16.6 Å². The summed E-state index contributed by atoms with van der Waals surface area (Å²) in [5.74, 6) is 0.780. The van der Waals surface area contributed by atoms with E-state index >= 15 is 0 Å². The zero-order chi connectivity index (χ0) is 15.6. The van der Waals surface area contributed by atoms with Crippen molar-refractivity contribution < 1.29 is 19.2 Å². The number of rotatable bonds is 5. The lowest BCUT2D eigenvalue weighted by molar-refractivity contribution is -0.385. The van der Waals surface area contributed by atoms with Crippen molar-refractivity contribution >= 4 is 38.7 Å². The van der Waals surface area contributed by atoms with Crippen LogP contribution in [0.15, 0.2) is 28.7 Å². The summed E-state index contributed by atoms with van der Waals surface area (Å²) in [7, 11) is 1.53. The third-order valence-electron chi connectivity index (χ3n) is 2.56. The largest absolute Gasteiger partial charge is 0.497 e. The van der Waals surface area contributed by atoms with Gasteiger partial charge in [-0.3, -0.25) is 14.9 Å². The van der Waals surface area contributed by atoms with Gasteiger partial charge in [0.1, 0.15) is 11.5 Å². The highest BCUT2D eigenvalue weighted by Crippen LogP contribution is 2.42. The molecule has 0 amide bonds. The van der Waals surface area contributed by atoms with E-state index in [2.05, 4.69) is 15.9 Å². The normalized spacial score (nSPS) is 10.2. The first-order valence-electron chi connectivity index (χ1n) is 5.73.